The first-order valence-corrected chi connectivity index (χ1v) is 21.4. The van der Waals surface area contributed by atoms with Gasteiger partial charge in [0.05, 0.1) is 44.5 Å². The molecule has 5 nitrogen and oxygen atoms in total. The zero-order chi connectivity index (χ0) is 41.4. The number of nitrogens with zero attached hydrogens (tertiary/aromatic N) is 5. The minimum atomic E-state index is 0.681. The van der Waals surface area contributed by atoms with Crippen molar-refractivity contribution in [3.8, 4) is 51.0 Å². The van der Waals surface area contributed by atoms with Crippen LogP contribution in [0.2, 0.25) is 0 Å². The SMILES string of the molecule is c1ccc(-c2cc(-c3ccccc3)nc(-c3cccc(-n4c5ccccc5c5ccc6c7ccccc7n(-c7ccc8c(c7)c7ccccc7n8-c7ccccc7)c6c54)c3)n2)cc1. The van der Waals surface area contributed by atoms with Gasteiger partial charge in [-0.1, -0.05) is 158 Å². The van der Waals surface area contributed by atoms with Gasteiger partial charge in [-0.25, -0.2) is 9.97 Å². The third-order valence-electron chi connectivity index (χ3n) is 12.6. The quantitative estimate of drug-likeness (QED) is 0.168. The molecule has 0 saturated carbocycles. The van der Waals surface area contributed by atoms with E-state index in [1.54, 1.807) is 0 Å². The average molecular weight is 804 g/mol. The summed E-state index contributed by atoms with van der Waals surface area (Å²) in [7, 11) is 0. The summed E-state index contributed by atoms with van der Waals surface area (Å²) in [6.07, 6.45) is 0. The highest BCUT2D eigenvalue weighted by atomic mass is 15.0. The Morgan fingerprint density at radius 2 is 0.683 bits per heavy atom. The zero-order valence-corrected chi connectivity index (χ0v) is 34.1. The summed E-state index contributed by atoms with van der Waals surface area (Å²) in [5.41, 5.74) is 15.1. The second kappa shape index (κ2) is 14.0. The number of hydrogen-bond donors (Lipinski definition) is 0. The molecule has 0 aliphatic carbocycles. The molecule has 13 aromatic rings. The Kier molecular flexibility index (Phi) is 7.84. The molecule has 0 N–H and O–H groups in total. The van der Waals surface area contributed by atoms with Crippen molar-refractivity contribution in [2.24, 2.45) is 0 Å². The fourth-order valence-electron chi connectivity index (χ4n) is 9.87. The smallest absolute Gasteiger partial charge is 0.160 e. The van der Waals surface area contributed by atoms with Crippen molar-refractivity contribution in [1.82, 2.24) is 23.7 Å². The summed E-state index contributed by atoms with van der Waals surface area (Å²) < 4.78 is 7.31. The van der Waals surface area contributed by atoms with E-state index in [1.807, 2.05) is 12.1 Å². The van der Waals surface area contributed by atoms with Crippen LogP contribution in [0.15, 0.2) is 224 Å². The molecule has 4 heterocycles. The molecule has 4 aromatic heterocycles. The summed E-state index contributed by atoms with van der Waals surface area (Å²) in [5, 5.41) is 7.26. The van der Waals surface area contributed by atoms with E-state index in [9.17, 15) is 0 Å². The van der Waals surface area contributed by atoms with E-state index in [0.717, 1.165) is 67.2 Å². The number of hydrogen-bond acceptors (Lipinski definition) is 2. The number of rotatable bonds is 6. The van der Waals surface area contributed by atoms with Gasteiger partial charge in [-0.05, 0) is 66.7 Å². The zero-order valence-electron chi connectivity index (χ0n) is 34.1. The fraction of sp³-hybridized carbons (Fsp3) is 0. The van der Waals surface area contributed by atoms with Crippen LogP contribution in [0.5, 0.6) is 0 Å². The molecule has 0 bridgehead atoms. The highest BCUT2D eigenvalue weighted by Gasteiger charge is 2.23. The third kappa shape index (κ3) is 5.50. The molecule has 0 fully saturated rings. The molecule has 0 unspecified atom stereocenters. The average Bonchev–Trinajstić information content (AvgIpc) is 4.00. The summed E-state index contributed by atoms with van der Waals surface area (Å²) in [4.78, 5) is 10.4. The van der Waals surface area contributed by atoms with Crippen molar-refractivity contribution in [2.45, 2.75) is 0 Å². The Hall–Kier alpha value is -8.54. The van der Waals surface area contributed by atoms with Gasteiger partial charge < -0.3 is 13.7 Å². The van der Waals surface area contributed by atoms with Gasteiger partial charge in [-0.3, -0.25) is 0 Å². The highest BCUT2D eigenvalue weighted by Crippen LogP contribution is 2.43. The summed E-state index contributed by atoms with van der Waals surface area (Å²) in [5.74, 6) is 0.681. The van der Waals surface area contributed by atoms with Crippen LogP contribution in [0.25, 0.3) is 116 Å². The lowest BCUT2D eigenvalue weighted by Crippen LogP contribution is -2.00. The Balaban J connectivity index is 1.08. The van der Waals surface area contributed by atoms with Gasteiger partial charge in [0.25, 0.3) is 0 Å². The second-order valence-corrected chi connectivity index (χ2v) is 16.2. The molecule has 0 aliphatic heterocycles. The number of fused-ring (bicyclic) bond motifs is 10. The molecule has 9 aromatic carbocycles. The molecule has 13 rings (SSSR count). The predicted octanol–water partition coefficient (Wildman–Crippen LogP) is 14.8. The molecule has 0 aliphatic rings. The Morgan fingerprint density at radius 1 is 0.254 bits per heavy atom. The van der Waals surface area contributed by atoms with Crippen LogP contribution in [-0.2, 0) is 0 Å². The van der Waals surface area contributed by atoms with Crippen LogP contribution in [0, 0.1) is 0 Å². The van der Waals surface area contributed by atoms with E-state index in [4.69, 9.17) is 9.97 Å². The van der Waals surface area contributed by atoms with Crippen molar-refractivity contribution in [1.29, 1.82) is 0 Å². The monoisotopic (exact) mass is 803 g/mol. The van der Waals surface area contributed by atoms with Crippen molar-refractivity contribution in [2.75, 3.05) is 0 Å². The summed E-state index contributed by atoms with van der Waals surface area (Å²) in [6.45, 7) is 0. The van der Waals surface area contributed by atoms with Crippen LogP contribution in [0.4, 0.5) is 0 Å². The maximum Gasteiger partial charge on any atom is 0.160 e. The van der Waals surface area contributed by atoms with Gasteiger partial charge in [-0.15, -0.1) is 0 Å². The first kappa shape index (κ1) is 35.2. The van der Waals surface area contributed by atoms with Gasteiger partial charge in [0.1, 0.15) is 0 Å². The highest BCUT2D eigenvalue weighted by molar-refractivity contribution is 6.24. The molecule has 5 heteroatoms. The first-order valence-electron chi connectivity index (χ1n) is 21.4. The summed E-state index contributed by atoms with van der Waals surface area (Å²) >= 11 is 0. The maximum atomic E-state index is 5.22. The first-order chi connectivity index (χ1) is 31.3. The molecular weight excluding hydrogens is 767 g/mol. The maximum absolute atomic E-state index is 5.22. The van der Waals surface area contributed by atoms with Gasteiger partial charge in [0.15, 0.2) is 5.82 Å². The topological polar surface area (TPSA) is 40.6 Å². The molecule has 0 spiro atoms. The lowest BCUT2D eigenvalue weighted by atomic mass is 10.1. The largest absolute Gasteiger partial charge is 0.309 e. The fourth-order valence-corrected chi connectivity index (χ4v) is 9.87. The molecule has 0 radical (unpaired) electrons. The third-order valence-corrected chi connectivity index (χ3v) is 12.6. The van der Waals surface area contributed by atoms with Crippen LogP contribution < -0.4 is 0 Å². The number of aromatic nitrogens is 5. The normalized spacial score (nSPS) is 11.8. The Bertz CT molecular complexity index is 3840. The van der Waals surface area contributed by atoms with Gasteiger partial charge in [0.2, 0.25) is 0 Å². The lowest BCUT2D eigenvalue weighted by Gasteiger charge is -2.14. The number of para-hydroxylation sites is 4. The Morgan fingerprint density at radius 3 is 1.25 bits per heavy atom. The number of benzene rings is 9. The Labute approximate surface area is 363 Å². The van der Waals surface area contributed by atoms with Crippen LogP contribution in [0.3, 0.4) is 0 Å². The van der Waals surface area contributed by atoms with E-state index < -0.39 is 0 Å². The van der Waals surface area contributed by atoms with E-state index in [1.165, 1.54) is 43.4 Å². The van der Waals surface area contributed by atoms with Crippen LogP contribution in [0.1, 0.15) is 0 Å². The molecular formula is C58H37N5. The van der Waals surface area contributed by atoms with Crippen molar-refractivity contribution in [3.63, 3.8) is 0 Å². The minimum absolute atomic E-state index is 0.681. The van der Waals surface area contributed by atoms with Crippen molar-refractivity contribution >= 4 is 65.4 Å². The van der Waals surface area contributed by atoms with Crippen molar-refractivity contribution in [3.05, 3.63) is 224 Å². The predicted molar refractivity (Wildman–Crippen MR) is 261 cm³/mol. The van der Waals surface area contributed by atoms with Gasteiger partial charge in [-0.2, -0.15) is 0 Å². The molecule has 0 saturated heterocycles. The van der Waals surface area contributed by atoms with Gasteiger partial charge in [0, 0.05) is 66.1 Å². The second-order valence-electron chi connectivity index (χ2n) is 16.2. The van der Waals surface area contributed by atoms with E-state index in [2.05, 4.69) is 226 Å². The van der Waals surface area contributed by atoms with Gasteiger partial charge >= 0.3 is 0 Å². The molecule has 63 heavy (non-hydrogen) atoms. The van der Waals surface area contributed by atoms with Crippen molar-refractivity contribution < 1.29 is 0 Å². The van der Waals surface area contributed by atoms with Crippen LogP contribution in [-0.4, -0.2) is 23.7 Å². The minimum Gasteiger partial charge on any atom is -0.309 e. The van der Waals surface area contributed by atoms with E-state index >= 15 is 0 Å². The summed E-state index contributed by atoms with van der Waals surface area (Å²) in [6, 6.07) is 80.2. The molecule has 294 valence electrons. The lowest BCUT2D eigenvalue weighted by molar-refractivity contribution is 1.14. The van der Waals surface area contributed by atoms with Crippen LogP contribution >= 0.6 is 0 Å². The standard InChI is InChI=1S/C58H37N5/c1-4-17-38(18-5-1)50-37-51(39-19-6-2-7-20-39)60-58(59-50)40-21-16-24-42(35-40)62-53-29-14-10-25-44(53)47-32-33-48-45-26-11-15-30-54(45)63(57(48)56(47)62)43-31-34-55-49(36-43)46-27-12-13-28-52(46)61(55)41-22-8-3-9-23-41/h1-37H. The molecule has 0 atom stereocenters. The van der Waals surface area contributed by atoms with E-state index in [0.29, 0.717) is 5.82 Å². The van der Waals surface area contributed by atoms with E-state index in [-0.39, 0.29) is 0 Å². The molecule has 0 amide bonds.